The smallest absolute Gasteiger partial charge is 0.302 e. The molecule has 0 aromatic heterocycles. The molecule has 4 rings (SSSR count). The molecule has 3 aliphatic carbocycles. The summed E-state index contributed by atoms with van der Waals surface area (Å²) in [4.78, 5) is 11.6. The van der Waals surface area contributed by atoms with Crippen LogP contribution in [0, 0.1) is 5.41 Å². The summed E-state index contributed by atoms with van der Waals surface area (Å²) in [5.41, 5.74) is 7.19. The lowest BCUT2D eigenvalue weighted by Gasteiger charge is -2.47. The number of methoxy groups -OCH3 is 1. The van der Waals surface area contributed by atoms with Gasteiger partial charge in [-0.3, -0.25) is 4.79 Å². The fourth-order valence-electron chi connectivity index (χ4n) is 5.00. The first-order valence-electron chi connectivity index (χ1n) is 9.30. The van der Waals surface area contributed by atoms with Crippen LogP contribution in [0.15, 0.2) is 35.4 Å². The summed E-state index contributed by atoms with van der Waals surface area (Å²) in [5.74, 6) is 0.781. The van der Waals surface area contributed by atoms with E-state index in [1.807, 2.05) is 0 Å². The second kappa shape index (κ2) is 6.05. The standard InChI is InChI=1S/C22H26O3/c1-14(23)25-21-6-4-5-20-19-9-7-15-13-16(24-3)8-10-17(15)18(19)11-12-22(20,21)2/h5,8,10,13,21H,4,6-7,9,11-12H2,1-3H3/t21-,22+/m0/s1. The van der Waals surface area contributed by atoms with E-state index in [4.69, 9.17) is 9.47 Å². The Morgan fingerprint density at radius 3 is 2.80 bits per heavy atom. The van der Waals surface area contributed by atoms with Crippen molar-refractivity contribution in [3.05, 3.63) is 46.5 Å². The Balaban J connectivity index is 1.76. The molecular formula is C22H26O3. The number of hydrogen-bond acceptors (Lipinski definition) is 3. The van der Waals surface area contributed by atoms with Gasteiger partial charge in [0.2, 0.25) is 0 Å². The summed E-state index contributed by atoms with van der Waals surface area (Å²) in [6, 6.07) is 6.47. The van der Waals surface area contributed by atoms with Gasteiger partial charge >= 0.3 is 5.97 Å². The Morgan fingerprint density at radius 1 is 1.20 bits per heavy atom. The van der Waals surface area contributed by atoms with Gasteiger partial charge in [0.05, 0.1) is 7.11 Å². The van der Waals surface area contributed by atoms with E-state index in [1.54, 1.807) is 7.11 Å². The largest absolute Gasteiger partial charge is 0.497 e. The van der Waals surface area contributed by atoms with Crippen molar-refractivity contribution in [3.8, 4) is 5.75 Å². The monoisotopic (exact) mass is 338 g/mol. The highest BCUT2D eigenvalue weighted by Crippen LogP contribution is 2.55. The van der Waals surface area contributed by atoms with Gasteiger partial charge in [-0.1, -0.05) is 19.1 Å². The number of ether oxygens (including phenoxy) is 2. The number of benzene rings is 1. The van der Waals surface area contributed by atoms with Gasteiger partial charge in [0.25, 0.3) is 0 Å². The molecule has 0 aliphatic heterocycles. The minimum atomic E-state index is -0.159. The van der Waals surface area contributed by atoms with Crippen LogP contribution in [-0.4, -0.2) is 19.2 Å². The number of allylic oxidation sites excluding steroid dienone is 3. The molecule has 1 aromatic carbocycles. The third-order valence-electron chi connectivity index (χ3n) is 6.28. The zero-order valence-electron chi connectivity index (χ0n) is 15.4. The maximum atomic E-state index is 11.6. The van der Waals surface area contributed by atoms with Crippen LogP contribution in [0.3, 0.4) is 0 Å². The number of fused-ring (bicyclic) bond motifs is 4. The molecule has 132 valence electrons. The van der Waals surface area contributed by atoms with Gasteiger partial charge in [0.15, 0.2) is 0 Å². The van der Waals surface area contributed by atoms with Gasteiger partial charge < -0.3 is 9.47 Å². The normalized spacial score (nSPS) is 27.6. The molecule has 1 aromatic rings. The summed E-state index contributed by atoms with van der Waals surface area (Å²) >= 11 is 0. The molecule has 3 heteroatoms. The van der Waals surface area contributed by atoms with E-state index in [0.717, 1.165) is 44.3 Å². The lowest BCUT2D eigenvalue weighted by molar-refractivity contribution is -0.152. The molecule has 0 saturated carbocycles. The van der Waals surface area contributed by atoms with Crippen LogP contribution < -0.4 is 4.74 Å². The first-order valence-corrected chi connectivity index (χ1v) is 9.30. The second-order valence-corrected chi connectivity index (χ2v) is 7.69. The zero-order valence-corrected chi connectivity index (χ0v) is 15.4. The van der Waals surface area contributed by atoms with Crippen LogP contribution in [0.4, 0.5) is 0 Å². The van der Waals surface area contributed by atoms with Crippen LogP contribution in [0.1, 0.15) is 57.1 Å². The molecule has 0 unspecified atom stereocenters. The molecule has 25 heavy (non-hydrogen) atoms. The van der Waals surface area contributed by atoms with E-state index in [-0.39, 0.29) is 17.5 Å². The highest BCUT2D eigenvalue weighted by Gasteiger charge is 2.46. The van der Waals surface area contributed by atoms with Crippen LogP contribution in [0.25, 0.3) is 5.57 Å². The minimum Gasteiger partial charge on any atom is -0.497 e. The molecule has 3 nitrogen and oxygen atoms in total. The van der Waals surface area contributed by atoms with Crippen LogP contribution in [-0.2, 0) is 16.0 Å². The average molecular weight is 338 g/mol. The fourth-order valence-corrected chi connectivity index (χ4v) is 5.00. The van der Waals surface area contributed by atoms with Crippen molar-refractivity contribution in [1.82, 2.24) is 0 Å². The highest BCUT2D eigenvalue weighted by molar-refractivity contribution is 5.79. The van der Waals surface area contributed by atoms with E-state index in [2.05, 4.69) is 31.2 Å². The molecule has 0 N–H and O–H groups in total. The Labute approximate surface area is 149 Å². The van der Waals surface area contributed by atoms with Gasteiger partial charge in [0.1, 0.15) is 11.9 Å². The molecule has 0 saturated heterocycles. The van der Waals surface area contributed by atoms with Gasteiger partial charge in [-0.15, -0.1) is 0 Å². The quantitative estimate of drug-likeness (QED) is 0.723. The first-order chi connectivity index (χ1) is 12.0. The van der Waals surface area contributed by atoms with Crippen molar-refractivity contribution in [1.29, 1.82) is 0 Å². The summed E-state index contributed by atoms with van der Waals surface area (Å²) in [6.07, 6.45) is 8.58. The third kappa shape index (κ3) is 2.61. The lowest BCUT2D eigenvalue weighted by atomic mass is 9.60. The minimum absolute atomic E-state index is 0.0105. The predicted molar refractivity (Wildman–Crippen MR) is 98.4 cm³/mol. The maximum Gasteiger partial charge on any atom is 0.302 e. The van der Waals surface area contributed by atoms with E-state index < -0.39 is 0 Å². The van der Waals surface area contributed by atoms with Crippen molar-refractivity contribution < 1.29 is 14.3 Å². The van der Waals surface area contributed by atoms with Gasteiger partial charge in [0, 0.05) is 12.3 Å². The maximum absolute atomic E-state index is 11.6. The second-order valence-electron chi connectivity index (χ2n) is 7.69. The van der Waals surface area contributed by atoms with Crippen molar-refractivity contribution in [3.63, 3.8) is 0 Å². The van der Waals surface area contributed by atoms with E-state index >= 15 is 0 Å². The summed E-state index contributed by atoms with van der Waals surface area (Å²) in [5, 5.41) is 0. The molecule has 3 aliphatic rings. The van der Waals surface area contributed by atoms with E-state index in [9.17, 15) is 4.79 Å². The van der Waals surface area contributed by atoms with Crippen molar-refractivity contribution in [2.24, 2.45) is 5.41 Å². The molecule has 0 amide bonds. The molecule has 2 atom stereocenters. The van der Waals surface area contributed by atoms with Crippen LogP contribution in [0.2, 0.25) is 0 Å². The van der Waals surface area contributed by atoms with Gasteiger partial charge in [-0.25, -0.2) is 0 Å². The average Bonchev–Trinajstić information content (AvgIpc) is 2.61. The molecule has 0 radical (unpaired) electrons. The summed E-state index contributed by atoms with van der Waals surface area (Å²) in [7, 11) is 1.73. The third-order valence-corrected chi connectivity index (χ3v) is 6.28. The molecule has 0 fully saturated rings. The zero-order chi connectivity index (χ0) is 17.6. The molecule has 0 heterocycles. The summed E-state index contributed by atoms with van der Waals surface area (Å²) in [6.45, 7) is 3.82. The predicted octanol–water partition coefficient (Wildman–Crippen LogP) is 4.85. The number of carbonyl (C=O) groups is 1. The van der Waals surface area contributed by atoms with Crippen LogP contribution >= 0.6 is 0 Å². The van der Waals surface area contributed by atoms with E-state index in [0.29, 0.717) is 0 Å². The Hall–Kier alpha value is -2.03. The van der Waals surface area contributed by atoms with Crippen molar-refractivity contribution >= 4 is 11.5 Å². The fraction of sp³-hybridized carbons (Fsp3) is 0.500. The van der Waals surface area contributed by atoms with Crippen molar-refractivity contribution in [2.75, 3.05) is 7.11 Å². The number of esters is 1. The Morgan fingerprint density at radius 2 is 2.04 bits per heavy atom. The summed E-state index contributed by atoms with van der Waals surface area (Å²) < 4.78 is 11.1. The van der Waals surface area contributed by atoms with Gasteiger partial charge in [-0.05, 0) is 78.5 Å². The highest BCUT2D eigenvalue weighted by atomic mass is 16.5. The molecular weight excluding hydrogens is 312 g/mol. The Kier molecular flexibility index (Phi) is 3.98. The number of carbonyl (C=O) groups excluding carboxylic acids is 1. The lowest BCUT2D eigenvalue weighted by Crippen LogP contribution is -2.42. The van der Waals surface area contributed by atoms with E-state index in [1.165, 1.54) is 34.8 Å². The van der Waals surface area contributed by atoms with Crippen molar-refractivity contribution in [2.45, 2.75) is 58.5 Å². The Bertz CT molecular complexity index is 786. The first kappa shape index (κ1) is 16.4. The number of hydrogen-bond donors (Lipinski definition) is 0. The topological polar surface area (TPSA) is 35.5 Å². The van der Waals surface area contributed by atoms with Crippen LogP contribution in [0.5, 0.6) is 5.75 Å². The SMILES string of the molecule is COc1ccc2c(c1)CCC1=C2CC[C@]2(C)C1=CCC[C@@H]2OC(C)=O. The molecule has 0 bridgehead atoms. The molecule has 0 spiro atoms. The number of aryl methyl sites for hydroxylation is 1. The van der Waals surface area contributed by atoms with Gasteiger partial charge in [-0.2, -0.15) is 0 Å². The number of rotatable bonds is 2.